The number of benzene rings is 1. The normalized spacial score (nSPS) is 34.2. The van der Waals surface area contributed by atoms with Crippen molar-refractivity contribution in [3.8, 4) is 0 Å². The summed E-state index contributed by atoms with van der Waals surface area (Å²) in [5.74, 6) is 0. The van der Waals surface area contributed by atoms with E-state index in [1.54, 1.807) is 0 Å². The van der Waals surface area contributed by atoms with Crippen LogP contribution >= 0.6 is 0 Å². The topological polar surface area (TPSA) is 24.5 Å². The first-order valence-corrected chi connectivity index (χ1v) is 8.37. The van der Waals surface area contributed by atoms with Gasteiger partial charge in [-0.05, 0) is 31.7 Å². The van der Waals surface area contributed by atoms with Gasteiger partial charge in [-0.25, -0.2) is 0 Å². The number of nitrogens with one attached hydrogen (secondary N) is 1. The van der Waals surface area contributed by atoms with Gasteiger partial charge in [-0.1, -0.05) is 37.3 Å². The first kappa shape index (κ1) is 15.0. The molecule has 2 aliphatic rings. The summed E-state index contributed by atoms with van der Waals surface area (Å²) < 4.78 is 5.86. The van der Waals surface area contributed by atoms with Crippen LogP contribution < -0.4 is 5.32 Å². The molecule has 2 heterocycles. The third kappa shape index (κ3) is 3.31. The molecule has 3 unspecified atom stereocenters. The predicted octanol–water partition coefficient (Wildman–Crippen LogP) is 2.76. The minimum atomic E-state index is 0.0472. The molecule has 0 aliphatic carbocycles. The summed E-state index contributed by atoms with van der Waals surface area (Å²) in [6, 6.07) is 11.5. The fourth-order valence-electron chi connectivity index (χ4n) is 3.73. The van der Waals surface area contributed by atoms with Crippen LogP contribution in [0.25, 0.3) is 0 Å². The van der Waals surface area contributed by atoms with Crippen molar-refractivity contribution in [2.45, 2.75) is 50.8 Å². The molecule has 116 valence electrons. The first-order chi connectivity index (χ1) is 10.2. The van der Waals surface area contributed by atoms with Crippen molar-refractivity contribution in [2.75, 3.05) is 26.2 Å². The Balaban J connectivity index is 1.73. The molecule has 2 aliphatic heterocycles. The summed E-state index contributed by atoms with van der Waals surface area (Å²) in [7, 11) is 0. The van der Waals surface area contributed by atoms with Gasteiger partial charge < -0.3 is 10.1 Å². The molecule has 0 spiro atoms. The number of rotatable bonds is 4. The van der Waals surface area contributed by atoms with Crippen molar-refractivity contribution in [1.82, 2.24) is 10.2 Å². The Kier molecular flexibility index (Phi) is 4.63. The van der Waals surface area contributed by atoms with E-state index < -0.39 is 0 Å². The second kappa shape index (κ2) is 6.47. The number of hydrogen-bond donors (Lipinski definition) is 1. The summed E-state index contributed by atoms with van der Waals surface area (Å²) in [6.07, 6.45) is 4.09. The van der Waals surface area contributed by atoms with Gasteiger partial charge in [-0.15, -0.1) is 0 Å². The highest BCUT2D eigenvalue weighted by Gasteiger charge is 2.37. The molecular formula is C18H28N2O. The van der Waals surface area contributed by atoms with Crippen molar-refractivity contribution < 1.29 is 4.74 Å². The molecule has 3 nitrogen and oxygen atoms in total. The van der Waals surface area contributed by atoms with Crippen LogP contribution in [0, 0.1) is 0 Å². The average molecular weight is 288 g/mol. The Bertz CT molecular complexity index is 444. The van der Waals surface area contributed by atoms with Gasteiger partial charge in [0.1, 0.15) is 0 Å². The van der Waals surface area contributed by atoms with Crippen LogP contribution in [0.1, 0.15) is 38.7 Å². The van der Waals surface area contributed by atoms with Gasteiger partial charge in [0.25, 0.3) is 0 Å². The van der Waals surface area contributed by atoms with Gasteiger partial charge in [0.15, 0.2) is 0 Å². The summed E-state index contributed by atoms with van der Waals surface area (Å²) in [6.45, 7) is 8.78. The van der Waals surface area contributed by atoms with Crippen LogP contribution in [0.3, 0.4) is 0 Å². The van der Waals surface area contributed by atoms with Crippen LogP contribution in [-0.2, 0) is 10.3 Å². The van der Waals surface area contributed by atoms with E-state index >= 15 is 0 Å². The molecule has 3 heteroatoms. The third-order valence-electron chi connectivity index (χ3n) is 5.11. The largest absolute Gasteiger partial charge is 0.377 e. The zero-order valence-corrected chi connectivity index (χ0v) is 13.3. The molecule has 21 heavy (non-hydrogen) atoms. The number of piperazine rings is 1. The van der Waals surface area contributed by atoms with Gasteiger partial charge in [0.05, 0.1) is 11.6 Å². The van der Waals surface area contributed by atoms with E-state index in [1.807, 2.05) is 0 Å². The lowest BCUT2D eigenvalue weighted by atomic mass is 9.87. The molecule has 1 aromatic carbocycles. The van der Waals surface area contributed by atoms with Crippen LogP contribution in [-0.4, -0.2) is 43.3 Å². The standard InChI is InChI=1S/C18H28N2O/c1-3-16-12-19-18(2,15-8-5-4-6-9-15)14-20(16)13-17-10-7-11-21-17/h4-6,8-9,16-17,19H,3,7,10-14H2,1-2H3. The minimum Gasteiger partial charge on any atom is -0.377 e. The highest BCUT2D eigenvalue weighted by molar-refractivity contribution is 5.25. The summed E-state index contributed by atoms with van der Waals surface area (Å²) in [5, 5.41) is 3.79. The highest BCUT2D eigenvalue weighted by atomic mass is 16.5. The maximum Gasteiger partial charge on any atom is 0.0702 e. The monoisotopic (exact) mass is 288 g/mol. The number of nitrogens with zero attached hydrogens (tertiary/aromatic N) is 1. The molecule has 0 radical (unpaired) electrons. The van der Waals surface area contributed by atoms with Crippen LogP contribution in [0.2, 0.25) is 0 Å². The molecule has 0 saturated carbocycles. The Morgan fingerprint density at radius 1 is 1.33 bits per heavy atom. The van der Waals surface area contributed by atoms with E-state index in [1.165, 1.54) is 24.8 Å². The van der Waals surface area contributed by atoms with Crippen molar-refractivity contribution in [2.24, 2.45) is 0 Å². The third-order valence-corrected chi connectivity index (χ3v) is 5.11. The Morgan fingerprint density at radius 2 is 2.14 bits per heavy atom. The van der Waals surface area contributed by atoms with Crippen molar-refractivity contribution >= 4 is 0 Å². The molecule has 0 bridgehead atoms. The predicted molar refractivity (Wildman–Crippen MR) is 86.4 cm³/mol. The second-order valence-corrected chi connectivity index (χ2v) is 6.71. The van der Waals surface area contributed by atoms with Crippen molar-refractivity contribution in [1.29, 1.82) is 0 Å². The number of hydrogen-bond acceptors (Lipinski definition) is 3. The zero-order chi connectivity index (χ0) is 14.7. The number of ether oxygens (including phenoxy) is 1. The van der Waals surface area contributed by atoms with E-state index in [2.05, 4.69) is 54.4 Å². The van der Waals surface area contributed by atoms with Gasteiger partial charge in [-0.2, -0.15) is 0 Å². The van der Waals surface area contributed by atoms with Crippen LogP contribution in [0.4, 0.5) is 0 Å². The molecule has 0 aromatic heterocycles. The lowest BCUT2D eigenvalue weighted by molar-refractivity contribution is 0.0210. The van der Waals surface area contributed by atoms with Gasteiger partial charge in [0.2, 0.25) is 0 Å². The van der Waals surface area contributed by atoms with Crippen molar-refractivity contribution in [3.05, 3.63) is 35.9 Å². The lowest BCUT2D eigenvalue weighted by Gasteiger charge is -2.47. The van der Waals surface area contributed by atoms with Gasteiger partial charge >= 0.3 is 0 Å². The van der Waals surface area contributed by atoms with E-state index in [-0.39, 0.29) is 5.54 Å². The van der Waals surface area contributed by atoms with E-state index in [4.69, 9.17) is 4.74 Å². The molecule has 3 atom stereocenters. The minimum absolute atomic E-state index is 0.0472. The SMILES string of the molecule is CCC1CNC(C)(c2ccccc2)CN1CC1CCCO1. The molecule has 1 aromatic rings. The van der Waals surface area contributed by atoms with Crippen LogP contribution in [0.5, 0.6) is 0 Å². The zero-order valence-electron chi connectivity index (χ0n) is 13.3. The van der Waals surface area contributed by atoms with Crippen LogP contribution in [0.15, 0.2) is 30.3 Å². The molecule has 3 rings (SSSR count). The Morgan fingerprint density at radius 3 is 2.81 bits per heavy atom. The fraction of sp³-hybridized carbons (Fsp3) is 0.667. The Hall–Kier alpha value is -0.900. The Labute approximate surface area is 128 Å². The summed E-state index contributed by atoms with van der Waals surface area (Å²) >= 11 is 0. The molecule has 1 N–H and O–H groups in total. The highest BCUT2D eigenvalue weighted by Crippen LogP contribution is 2.28. The summed E-state index contributed by atoms with van der Waals surface area (Å²) in [4.78, 5) is 2.65. The van der Waals surface area contributed by atoms with Gasteiger partial charge in [0, 0.05) is 32.3 Å². The van der Waals surface area contributed by atoms with E-state index in [9.17, 15) is 0 Å². The maximum atomic E-state index is 5.86. The molecule has 0 amide bonds. The van der Waals surface area contributed by atoms with Gasteiger partial charge in [-0.3, -0.25) is 4.90 Å². The second-order valence-electron chi connectivity index (χ2n) is 6.71. The average Bonchev–Trinajstić information content (AvgIpc) is 3.01. The molecular weight excluding hydrogens is 260 g/mol. The smallest absolute Gasteiger partial charge is 0.0702 e. The van der Waals surface area contributed by atoms with Crippen molar-refractivity contribution in [3.63, 3.8) is 0 Å². The molecule has 2 saturated heterocycles. The van der Waals surface area contributed by atoms with E-state index in [0.717, 1.165) is 26.2 Å². The van der Waals surface area contributed by atoms with E-state index in [0.29, 0.717) is 12.1 Å². The lowest BCUT2D eigenvalue weighted by Crippen LogP contribution is -2.62. The summed E-state index contributed by atoms with van der Waals surface area (Å²) in [5.41, 5.74) is 1.43. The fourth-order valence-corrected chi connectivity index (χ4v) is 3.73. The first-order valence-electron chi connectivity index (χ1n) is 8.37. The maximum absolute atomic E-state index is 5.86. The quantitative estimate of drug-likeness (QED) is 0.922. The molecule has 2 fully saturated rings.